The Hall–Kier alpha value is -1.13. The third kappa shape index (κ3) is 2.91. The molecule has 1 aliphatic rings. The maximum atomic E-state index is 9.37. The van der Waals surface area contributed by atoms with Gasteiger partial charge in [0.2, 0.25) is 0 Å². The van der Waals surface area contributed by atoms with Gasteiger partial charge in [-0.15, -0.1) is 0 Å². The van der Waals surface area contributed by atoms with Gasteiger partial charge in [-0.05, 0) is 25.0 Å². The minimum Gasteiger partial charge on any atom is -0.397 e. The number of aliphatic hydroxyl groups excluding tert-OH is 1. The fourth-order valence-corrected chi connectivity index (χ4v) is 1.84. The Morgan fingerprint density at radius 1 is 1.40 bits per heavy atom. The summed E-state index contributed by atoms with van der Waals surface area (Å²) in [5, 5.41) is 9.37. The Morgan fingerprint density at radius 2 is 2.13 bits per heavy atom. The van der Waals surface area contributed by atoms with Crippen LogP contribution in [0.1, 0.15) is 18.5 Å². The highest BCUT2D eigenvalue weighted by Gasteiger charge is 2.16. The van der Waals surface area contributed by atoms with E-state index in [2.05, 4.69) is 9.88 Å². The summed E-state index contributed by atoms with van der Waals surface area (Å²) in [5.74, 6) is 0. The van der Waals surface area contributed by atoms with E-state index in [-0.39, 0.29) is 6.10 Å². The van der Waals surface area contributed by atoms with Gasteiger partial charge in [0.15, 0.2) is 0 Å². The number of hydrogen-bond acceptors (Lipinski definition) is 4. The summed E-state index contributed by atoms with van der Waals surface area (Å²) >= 11 is 0. The number of piperidine rings is 1. The van der Waals surface area contributed by atoms with Crippen molar-refractivity contribution >= 4 is 5.69 Å². The molecule has 1 aromatic heterocycles. The minimum absolute atomic E-state index is 0.111. The number of nitrogens with zero attached hydrogens (tertiary/aromatic N) is 2. The number of aliphatic hydroxyl groups is 1. The number of hydrogen-bond donors (Lipinski definition) is 2. The van der Waals surface area contributed by atoms with E-state index in [1.807, 2.05) is 12.1 Å². The fourth-order valence-electron chi connectivity index (χ4n) is 1.84. The molecule has 82 valence electrons. The van der Waals surface area contributed by atoms with Crippen molar-refractivity contribution in [2.45, 2.75) is 25.5 Å². The first-order valence-electron chi connectivity index (χ1n) is 5.35. The highest BCUT2D eigenvalue weighted by molar-refractivity contribution is 5.34. The van der Waals surface area contributed by atoms with Gasteiger partial charge in [-0.25, -0.2) is 0 Å². The number of nitrogen functional groups attached to an aromatic ring is 1. The normalized spacial score (nSPS) is 19.3. The SMILES string of the molecule is Nc1ccc(CN2CCC(O)CC2)nc1. The Morgan fingerprint density at radius 3 is 2.73 bits per heavy atom. The van der Waals surface area contributed by atoms with Crippen molar-refractivity contribution in [3.8, 4) is 0 Å². The second-order valence-corrected chi connectivity index (χ2v) is 4.09. The van der Waals surface area contributed by atoms with Crippen molar-refractivity contribution in [2.75, 3.05) is 18.8 Å². The average molecular weight is 207 g/mol. The van der Waals surface area contributed by atoms with Gasteiger partial charge >= 0.3 is 0 Å². The van der Waals surface area contributed by atoms with E-state index in [4.69, 9.17) is 5.73 Å². The van der Waals surface area contributed by atoms with Crippen LogP contribution in [0.2, 0.25) is 0 Å². The molecule has 3 N–H and O–H groups in total. The van der Waals surface area contributed by atoms with Gasteiger partial charge < -0.3 is 10.8 Å². The number of aromatic nitrogens is 1. The number of rotatable bonds is 2. The van der Waals surface area contributed by atoms with E-state index in [1.165, 1.54) is 0 Å². The lowest BCUT2D eigenvalue weighted by molar-refractivity contribution is 0.0787. The van der Waals surface area contributed by atoms with Crippen LogP contribution < -0.4 is 5.73 Å². The molecule has 2 rings (SSSR count). The third-order valence-corrected chi connectivity index (χ3v) is 2.79. The lowest BCUT2D eigenvalue weighted by Gasteiger charge is -2.29. The quantitative estimate of drug-likeness (QED) is 0.746. The highest BCUT2D eigenvalue weighted by Crippen LogP contribution is 2.12. The van der Waals surface area contributed by atoms with Crippen molar-refractivity contribution in [1.29, 1.82) is 0 Å². The van der Waals surface area contributed by atoms with Crippen LogP contribution in [0.4, 0.5) is 5.69 Å². The molecule has 0 radical (unpaired) electrons. The smallest absolute Gasteiger partial charge is 0.0564 e. The number of likely N-dealkylation sites (tertiary alicyclic amines) is 1. The number of nitrogens with two attached hydrogens (primary N) is 1. The molecule has 1 fully saturated rings. The van der Waals surface area contributed by atoms with Gasteiger partial charge in [-0.2, -0.15) is 0 Å². The average Bonchev–Trinajstić information content (AvgIpc) is 2.25. The second kappa shape index (κ2) is 4.59. The zero-order valence-corrected chi connectivity index (χ0v) is 8.76. The first kappa shape index (κ1) is 10.4. The zero-order valence-electron chi connectivity index (χ0n) is 8.76. The van der Waals surface area contributed by atoms with Gasteiger partial charge in [-0.3, -0.25) is 9.88 Å². The van der Waals surface area contributed by atoms with Crippen LogP contribution in [0, 0.1) is 0 Å². The highest BCUT2D eigenvalue weighted by atomic mass is 16.3. The van der Waals surface area contributed by atoms with E-state index in [0.29, 0.717) is 5.69 Å². The lowest BCUT2D eigenvalue weighted by atomic mass is 10.1. The van der Waals surface area contributed by atoms with Crippen LogP contribution >= 0.6 is 0 Å². The van der Waals surface area contributed by atoms with E-state index in [1.54, 1.807) is 6.20 Å². The molecule has 0 unspecified atom stereocenters. The topological polar surface area (TPSA) is 62.4 Å². The van der Waals surface area contributed by atoms with Gasteiger partial charge in [-0.1, -0.05) is 0 Å². The van der Waals surface area contributed by atoms with Crippen molar-refractivity contribution in [1.82, 2.24) is 9.88 Å². The van der Waals surface area contributed by atoms with Crippen LogP contribution in [0.25, 0.3) is 0 Å². The van der Waals surface area contributed by atoms with Crippen LogP contribution in [0.5, 0.6) is 0 Å². The van der Waals surface area contributed by atoms with Crippen LogP contribution in [-0.2, 0) is 6.54 Å². The molecule has 1 aliphatic heterocycles. The lowest BCUT2D eigenvalue weighted by Crippen LogP contribution is -2.35. The predicted molar refractivity (Wildman–Crippen MR) is 59.2 cm³/mol. The molecule has 1 saturated heterocycles. The van der Waals surface area contributed by atoms with Gasteiger partial charge in [0, 0.05) is 19.6 Å². The summed E-state index contributed by atoms with van der Waals surface area (Å²) < 4.78 is 0. The van der Waals surface area contributed by atoms with Gasteiger partial charge in [0.25, 0.3) is 0 Å². The fraction of sp³-hybridized carbons (Fsp3) is 0.545. The summed E-state index contributed by atoms with van der Waals surface area (Å²) in [6.45, 7) is 2.76. The molecule has 0 amide bonds. The summed E-state index contributed by atoms with van der Waals surface area (Å²) in [6.07, 6.45) is 3.32. The zero-order chi connectivity index (χ0) is 10.7. The molecule has 4 heteroatoms. The van der Waals surface area contributed by atoms with Crippen LogP contribution in [0.15, 0.2) is 18.3 Å². The predicted octanol–water partition coefficient (Wildman–Crippen LogP) is 0.620. The largest absolute Gasteiger partial charge is 0.397 e. The Balaban J connectivity index is 1.89. The van der Waals surface area contributed by atoms with Crippen LogP contribution in [-0.4, -0.2) is 34.2 Å². The second-order valence-electron chi connectivity index (χ2n) is 4.09. The summed E-state index contributed by atoms with van der Waals surface area (Å²) in [5.41, 5.74) is 7.31. The third-order valence-electron chi connectivity index (χ3n) is 2.79. The maximum absolute atomic E-state index is 9.37. The van der Waals surface area contributed by atoms with E-state index in [0.717, 1.165) is 38.2 Å². The molecule has 0 saturated carbocycles. The van der Waals surface area contributed by atoms with Crippen LogP contribution in [0.3, 0.4) is 0 Å². The van der Waals surface area contributed by atoms with Crippen molar-refractivity contribution < 1.29 is 5.11 Å². The van der Waals surface area contributed by atoms with Gasteiger partial charge in [0.05, 0.1) is 23.7 Å². The van der Waals surface area contributed by atoms with Gasteiger partial charge in [0.1, 0.15) is 0 Å². The first-order chi connectivity index (χ1) is 7.24. The molecule has 15 heavy (non-hydrogen) atoms. The Labute approximate surface area is 89.7 Å². The molecule has 0 bridgehead atoms. The molecular formula is C11H17N3O. The first-order valence-corrected chi connectivity index (χ1v) is 5.35. The summed E-state index contributed by atoms with van der Waals surface area (Å²) in [4.78, 5) is 6.57. The molecular weight excluding hydrogens is 190 g/mol. The monoisotopic (exact) mass is 207 g/mol. The Kier molecular flexibility index (Phi) is 3.18. The molecule has 1 aromatic rings. The number of pyridine rings is 1. The Bertz CT molecular complexity index is 304. The van der Waals surface area contributed by atoms with E-state index in [9.17, 15) is 5.11 Å². The maximum Gasteiger partial charge on any atom is 0.0564 e. The molecule has 0 aromatic carbocycles. The van der Waals surface area contributed by atoms with E-state index < -0.39 is 0 Å². The molecule has 0 atom stereocenters. The minimum atomic E-state index is -0.111. The molecule has 0 spiro atoms. The van der Waals surface area contributed by atoms with Crippen molar-refractivity contribution in [2.24, 2.45) is 0 Å². The van der Waals surface area contributed by atoms with Crippen molar-refractivity contribution in [3.05, 3.63) is 24.0 Å². The molecule has 0 aliphatic carbocycles. The summed E-state index contributed by atoms with van der Waals surface area (Å²) in [7, 11) is 0. The number of anilines is 1. The molecule has 2 heterocycles. The van der Waals surface area contributed by atoms with Crippen molar-refractivity contribution in [3.63, 3.8) is 0 Å². The standard InChI is InChI=1S/C11H17N3O/c12-9-1-2-10(13-7-9)8-14-5-3-11(15)4-6-14/h1-2,7,11,15H,3-6,8,12H2. The summed E-state index contributed by atoms with van der Waals surface area (Å²) in [6, 6.07) is 3.83. The van der Waals surface area contributed by atoms with E-state index >= 15 is 0 Å². The molecule has 4 nitrogen and oxygen atoms in total.